The number of imide groups is 1. The number of ketones is 2. The molecule has 0 spiro atoms. The van der Waals surface area contributed by atoms with Crippen LogP contribution in [0.2, 0.25) is 0 Å². The van der Waals surface area contributed by atoms with Crippen molar-refractivity contribution in [3.8, 4) is 16.9 Å². The molecule has 3 rings (SSSR count). The Hall–Kier alpha value is -4.70. The first-order chi connectivity index (χ1) is 31.3. The first kappa shape index (κ1) is 54.6. The van der Waals surface area contributed by atoms with Gasteiger partial charge in [-0.2, -0.15) is 0 Å². The minimum atomic E-state index is -1.38. The van der Waals surface area contributed by atoms with Crippen molar-refractivity contribution < 1.29 is 69.2 Å². The predicted molar refractivity (Wildman–Crippen MR) is 241 cm³/mol. The standard InChI is InChI=1S/C46H69N5O14.H2/c1-31-41(56)42(57)43(58)46(65-31)63-28-27-62-26-23-49-39(54)20-25-61-24-8-13-36(53)30-64-37-18-16-32(17-19-37)33-9-5-10-34(29-33)44(59)50-22-7-12-35(52)11-6-15-40(55)51-45(60)38(48-2)14-3-4-21-47;/h5,9-10,16-19,29,31,38,41-43,46,48,56-58H,3-4,6-8,11-15,20-28,30,47H2,1-2H3,(H,49,54)(H,50,59)(H,51,55,60);1H/t31-,38-,41-,42+,43+,46+;/m0./s1. The number of carbonyl (C=O) groups is 6. The molecule has 0 aliphatic carbocycles. The van der Waals surface area contributed by atoms with E-state index in [4.69, 9.17) is 29.4 Å². The summed E-state index contributed by atoms with van der Waals surface area (Å²) in [5.41, 5.74) is 7.62. The number of carbonyl (C=O) groups excluding carboxylic acids is 6. The Morgan fingerprint density at radius 1 is 0.723 bits per heavy atom. The van der Waals surface area contributed by atoms with E-state index in [9.17, 15) is 44.1 Å². The van der Waals surface area contributed by atoms with Crippen LogP contribution in [0.25, 0.3) is 11.1 Å². The normalized spacial score (nSPS) is 18.6. The first-order valence-corrected chi connectivity index (χ1v) is 22.4. The van der Waals surface area contributed by atoms with Gasteiger partial charge in [0.2, 0.25) is 17.7 Å². The van der Waals surface area contributed by atoms with Crippen LogP contribution in [-0.4, -0.2) is 154 Å². The lowest BCUT2D eigenvalue weighted by atomic mass is 10.0. The molecule has 364 valence electrons. The van der Waals surface area contributed by atoms with Crippen LogP contribution in [0.5, 0.6) is 5.75 Å². The minimum Gasteiger partial charge on any atom is -0.486 e. The van der Waals surface area contributed by atoms with Crippen LogP contribution in [0.1, 0.15) is 89.3 Å². The van der Waals surface area contributed by atoms with Crippen molar-refractivity contribution in [2.45, 2.75) is 114 Å². The molecular weight excluding hydrogens is 847 g/mol. The fraction of sp³-hybridized carbons (Fsp3) is 0.609. The molecule has 9 N–H and O–H groups in total. The van der Waals surface area contributed by atoms with E-state index in [1.54, 1.807) is 44.3 Å². The summed E-state index contributed by atoms with van der Waals surface area (Å²) in [5, 5.41) is 40.4. The number of hydrogen-bond acceptors (Lipinski definition) is 16. The van der Waals surface area contributed by atoms with Crippen molar-refractivity contribution >= 4 is 35.2 Å². The number of nitrogens with two attached hydrogens (primary N) is 1. The van der Waals surface area contributed by atoms with Crippen LogP contribution in [-0.2, 0) is 42.9 Å². The largest absolute Gasteiger partial charge is 0.486 e. The molecule has 1 aliphatic rings. The number of nitrogens with one attached hydrogen (secondary N) is 4. The van der Waals surface area contributed by atoms with E-state index >= 15 is 0 Å². The highest BCUT2D eigenvalue weighted by atomic mass is 16.7. The van der Waals surface area contributed by atoms with Crippen molar-refractivity contribution in [1.29, 1.82) is 0 Å². The third-order valence-corrected chi connectivity index (χ3v) is 10.5. The Morgan fingerprint density at radius 3 is 2.22 bits per heavy atom. The fourth-order valence-electron chi connectivity index (χ4n) is 6.63. The van der Waals surface area contributed by atoms with E-state index in [2.05, 4.69) is 21.3 Å². The van der Waals surface area contributed by atoms with Gasteiger partial charge in [-0.25, -0.2) is 0 Å². The highest BCUT2D eigenvalue weighted by Gasteiger charge is 2.42. The van der Waals surface area contributed by atoms with Gasteiger partial charge in [-0.15, -0.1) is 0 Å². The Morgan fingerprint density at radius 2 is 1.46 bits per heavy atom. The number of rotatable bonds is 33. The maximum Gasteiger partial charge on any atom is 0.251 e. The molecule has 65 heavy (non-hydrogen) atoms. The summed E-state index contributed by atoms with van der Waals surface area (Å²) in [5.74, 6) is -0.886. The molecule has 0 radical (unpaired) electrons. The van der Waals surface area contributed by atoms with E-state index in [1.165, 1.54) is 0 Å². The lowest BCUT2D eigenvalue weighted by Crippen LogP contribution is -2.57. The SMILES string of the molecule is CN[C@@H](CCCCN)C(=O)NC(=O)CCCC(=O)CCCNC(=O)c1cccc(-c2ccc(OCC(=O)CCCOCCC(=O)NCCOCCO[C@@H]3O[C@@H](C)[C@H](O)[C@@H](O)[C@H]3O)cc2)c1.[HH]. The molecule has 4 amide bonds. The number of hydrogen-bond donors (Lipinski definition) is 8. The summed E-state index contributed by atoms with van der Waals surface area (Å²) in [7, 11) is 1.66. The highest BCUT2D eigenvalue weighted by molar-refractivity contribution is 5.98. The summed E-state index contributed by atoms with van der Waals surface area (Å²) in [6.07, 6.45) is -1.40. The number of benzene rings is 2. The molecule has 2 aromatic rings. The topological polar surface area (TPSA) is 283 Å². The molecule has 0 aromatic heterocycles. The van der Waals surface area contributed by atoms with Crippen LogP contribution in [0.15, 0.2) is 48.5 Å². The Bertz CT molecular complexity index is 1770. The zero-order valence-corrected chi connectivity index (χ0v) is 37.6. The van der Waals surface area contributed by atoms with E-state index < -0.39 is 42.7 Å². The van der Waals surface area contributed by atoms with Gasteiger partial charge in [-0.1, -0.05) is 30.7 Å². The second-order valence-electron chi connectivity index (χ2n) is 15.7. The number of aliphatic hydroxyl groups excluding tert-OH is 3. The molecule has 2 aromatic carbocycles. The Kier molecular flexibility index (Phi) is 26.3. The van der Waals surface area contributed by atoms with Gasteiger partial charge in [-0.05, 0) is 88.0 Å². The maximum atomic E-state index is 12.9. The van der Waals surface area contributed by atoms with Gasteiger partial charge in [0.1, 0.15) is 36.5 Å². The molecular formula is C46H71N5O14. The van der Waals surface area contributed by atoms with Crippen molar-refractivity contribution in [2.75, 3.05) is 66.3 Å². The van der Waals surface area contributed by atoms with E-state index in [1.807, 2.05) is 18.2 Å². The third-order valence-electron chi connectivity index (χ3n) is 10.5. The van der Waals surface area contributed by atoms with Gasteiger partial charge < -0.3 is 60.7 Å². The summed E-state index contributed by atoms with van der Waals surface area (Å²) < 4.78 is 27.3. The fourth-order valence-corrected chi connectivity index (χ4v) is 6.63. The zero-order chi connectivity index (χ0) is 47.4. The summed E-state index contributed by atoms with van der Waals surface area (Å²) in [4.78, 5) is 74.1. The first-order valence-electron chi connectivity index (χ1n) is 22.4. The molecule has 1 aliphatic heterocycles. The summed E-state index contributed by atoms with van der Waals surface area (Å²) in [6, 6.07) is 13.8. The molecule has 1 saturated heterocycles. The average Bonchev–Trinajstić information content (AvgIpc) is 3.30. The van der Waals surface area contributed by atoms with Gasteiger partial charge in [0.25, 0.3) is 5.91 Å². The Balaban J connectivity index is 0.0000150. The lowest BCUT2D eigenvalue weighted by molar-refractivity contribution is -0.294. The van der Waals surface area contributed by atoms with Gasteiger partial charge >= 0.3 is 0 Å². The zero-order valence-electron chi connectivity index (χ0n) is 37.6. The highest BCUT2D eigenvalue weighted by Crippen LogP contribution is 2.24. The van der Waals surface area contributed by atoms with Gasteiger partial charge in [-0.3, -0.25) is 34.1 Å². The lowest BCUT2D eigenvalue weighted by Gasteiger charge is -2.38. The van der Waals surface area contributed by atoms with Crippen molar-refractivity contribution in [1.82, 2.24) is 21.3 Å². The predicted octanol–water partition coefficient (Wildman–Crippen LogP) is 1.32. The molecule has 1 heterocycles. The second kappa shape index (κ2) is 31.3. The quantitative estimate of drug-likeness (QED) is 0.0469. The molecule has 0 unspecified atom stereocenters. The minimum absolute atomic E-state index is 0. The summed E-state index contributed by atoms with van der Waals surface area (Å²) >= 11 is 0. The molecule has 19 nitrogen and oxygen atoms in total. The third kappa shape index (κ3) is 21.4. The molecule has 0 saturated carbocycles. The molecule has 0 bridgehead atoms. The molecule has 1 fully saturated rings. The van der Waals surface area contributed by atoms with Crippen molar-refractivity contribution in [3.63, 3.8) is 0 Å². The monoisotopic (exact) mass is 917 g/mol. The van der Waals surface area contributed by atoms with E-state index in [0.29, 0.717) is 56.7 Å². The van der Waals surface area contributed by atoms with Crippen LogP contribution in [0.3, 0.4) is 0 Å². The van der Waals surface area contributed by atoms with Crippen LogP contribution in [0.4, 0.5) is 0 Å². The van der Waals surface area contributed by atoms with E-state index in [-0.39, 0.29) is 102 Å². The summed E-state index contributed by atoms with van der Waals surface area (Å²) in [6.45, 7) is 3.57. The average molecular weight is 918 g/mol. The van der Waals surface area contributed by atoms with Gasteiger partial charge in [0.15, 0.2) is 12.1 Å². The van der Waals surface area contributed by atoms with Crippen LogP contribution in [0, 0.1) is 0 Å². The van der Waals surface area contributed by atoms with Gasteiger partial charge in [0, 0.05) is 58.8 Å². The van der Waals surface area contributed by atoms with Gasteiger partial charge in [0.05, 0.1) is 38.6 Å². The van der Waals surface area contributed by atoms with Crippen LogP contribution < -0.4 is 31.7 Å². The molecule has 6 atom stereocenters. The Labute approximate surface area is 382 Å². The van der Waals surface area contributed by atoms with Crippen LogP contribution >= 0.6 is 0 Å². The number of amides is 4. The van der Waals surface area contributed by atoms with Crippen molar-refractivity contribution in [3.05, 3.63) is 54.1 Å². The number of unbranched alkanes of at least 4 members (excludes halogenated alkanes) is 1. The number of Topliss-reactive ketones (excluding diaryl/α,β-unsaturated/α-hetero) is 2. The number of likely N-dealkylation sites (N-methyl/N-ethyl adjacent to an activating group) is 1. The maximum absolute atomic E-state index is 12.9. The number of aliphatic hydroxyl groups is 3. The van der Waals surface area contributed by atoms with Crippen molar-refractivity contribution in [2.24, 2.45) is 5.73 Å². The smallest absolute Gasteiger partial charge is 0.251 e. The molecule has 19 heteroatoms. The van der Waals surface area contributed by atoms with E-state index in [0.717, 1.165) is 24.0 Å². The second-order valence-corrected chi connectivity index (χ2v) is 15.7. The number of ether oxygens (including phenoxy) is 5.